The third-order valence-corrected chi connectivity index (χ3v) is 6.64. The molecule has 1 heterocycles. The highest BCUT2D eigenvalue weighted by molar-refractivity contribution is 9.10. The molecule has 0 bridgehead atoms. The van der Waals surface area contributed by atoms with Gasteiger partial charge in [-0.15, -0.1) is 0 Å². The maximum atomic E-state index is 12.9. The molecule has 0 amide bonds. The van der Waals surface area contributed by atoms with E-state index in [0.29, 0.717) is 30.1 Å². The van der Waals surface area contributed by atoms with Gasteiger partial charge in [0, 0.05) is 36.3 Å². The van der Waals surface area contributed by atoms with Crippen molar-refractivity contribution in [3.63, 3.8) is 0 Å². The SMILES string of the molecule is N#Cc1ccc(N2CCCN(S(=O)(=O)c3cccc(Br)c3)CC2)cc1. The molecule has 0 unspecified atom stereocenters. The van der Waals surface area contributed by atoms with Crippen molar-refractivity contribution in [1.82, 2.24) is 4.31 Å². The van der Waals surface area contributed by atoms with E-state index in [4.69, 9.17) is 5.26 Å². The lowest BCUT2D eigenvalue weighted by atomic mass is 10.2. The Balaban J connectivity index is 1.76. The van der Waals surface area contributed by atoms with E-state index < -0.39 is 10.0 Å². The first-order valence-corrected chi connectivity index (χ1v) is 10.2. The summed E-state index contributed by atoms with van der Waals surface area (Å²) in [6.45, 7) is 2.35. The van der Waals surface area contributed by atoms with Crippen molar-refractivity contribution in [2.45, 2.75) is 11.3 Å². The van der Waals surface area contributed by atoms with Crippen LogP contribution in [0.25, 0.3) is 0 Å². The molecule has 1 aliphatic rings. The minimum absolute atomic E-state index is 0.314. The van der Waals surface area contributed by atoms with Gasteiger partial charge >= 0.3 is 0 Å². The number of halogens is 1. The van der Waals surface area contributed by atoms with Crippen molar-refractivity contribution in [2.75, 3.05) is 31.1 Å². The quantitative estimate of drug-likeness (QED) is 0.765. The number of sulfonamides is 1. The van der Waals surface area contributed by atoms with Gasteiger partial charge in [0.15, 0.2) is 0 Å². The van der Waals surface area contributed by atoms with Crippen LogP contribution in [-0.2, 0) is 10.0 Å². The van der Waals surface area contributed by atoms with E-state index in [1.165, 1.54) is 0 Å². The standard InChI is InChI=1S/C18H18BrN3O2S/c19-16-3-1-4-18(13-16)25(23,24)22-10-2-9-21(11-12-22)17-7-5-15(14-20)6-8-17/h1,3-8,13H,2,9-12H2. The average Bonchev–Trinajstić information content (AvgIpc) is 2.88. The van der Waals surface area contributed by atoms with Gasteiger partial charge in [0.2, 0.25) is 10.0 Å². The van der Waals surface area contributed by atoms with Crippen molar-refractivity contribution in [3.8, 4) is 6.07 Å². The van der Waals surface area contributed by atoms with Crippen LogP contribution < -0.4 is 4.90 Å². The maximum Gasteiger partial charge on any atom is 0.243 e. The van der Waals surface area contributed by atoms with Gasteiger partial charge in [-0.25, -0.2) is 8.42 Å². The zero-order valence-electron chi connectivity index (χ0n) is 13.6. The molecule has 0 N–H and O–H groups in total. The molecule has 0 aromatic heterocycles. The summed E-state index contributed by atoms with van der Waals surface area (Å²) in [5.74, 6) is 0. The lowest BCUT2D eigenvalue weighted by Gasteiger charge is -2.23. The lowest BCUT2D eigenvalue weighted by Crippen LogP contribution is -2.35. The van der Waals surface area contributed by atoms with Crippen molar-refractivity contribution in [3.05, 3.63) is 58.6 Å². The van der Waals surface area contributed by atoms with E-state index in [1.807, 2.05) is 18.2 Å². The van der Waals surface area contributed by atoms with Gasteiger partial charge in [0.1, 0.15) is 0 Å². The fraction of sp³-hybridized carbons (Fsp3) is 0.278. The van der Waals surface area contributed by atoms with Crippen LogP contribution in [0.15, 0.2) is 57.9 Å². The fourth-order valence-electron chi connectivity index (χ4n) is 2.92. The molecule has 2 aromatic rings. The summed E-state index contributed by atoms with van der Waals surface area (Å²) in [6.07, 6.45) is 0.757. The minimum atomic E-state index is -3.49. The molecule has 1 aliphatic heterocycles. The summed E-state index contributed by atoms with van der Waals surface area (Å²) >= 11 is 3.33. The highest BCUT2D eigenvalue weighted by Gasteiger charge is 2.27. The number of hydrogen-bond donors (Lipinski definition) is 0. The van der Waals surface area contributed by atoms with Gasteiger partial charge in [-0.1, -0.05) is 22.0 Å². The van der Waals surface area contributed by atoms with Crippen molar-refractivity contribution in [2.24, 2.45) is 0 Å². The van der Waals surface area contributed by atoms with E-state index in [-0.39, 0.29) is 0 Å². The van der Waals surface area contributed by atoms with Crippen LogP contribution in [0.4, 0.5) is 5.69 Å². The highest BCUT2D eigenvalue weighted by atomic mass is 79.9. The van der Waals surface area contributed by atoms with E-state index >= 15 is 0 Å². The lowest BCUT2D eigenvalue weighted by molar-refractivity contribution is 0.433. The molecule has 1 fully saturated rings. The molecule has 0 radical (unpaired) electrons. The van der Waals surface area contributed by atoms with Crippen LogP contribution in [0.5, 0.6) is 0 Å². The van der Waals surface area contributed by atoms with Crippen molar-refractivity contribution < 1.29 is 8.42 Å². The molecule has 3 rings (SSSR count). The normalized spacial score (nSPS) is 16.2. The number of hydrogen-bond acceptors (Lipinski definition) is 4. The van der Waals surface area contributed by atoms with Crippen LogP contribution in [-0.4, -0.2) is 38.9 Å². The number of nitriles is 1. The highest BCUT2D eigenvalue weighted by Crippen LogP contribution is 2.23. The van der Waals surface area contributed by atoms with E-state index in [9.17, 15) is 8.42 Å². The molecule has 1 saturated heterocycles. The van der Waals surface area contributed by atoms with Crippen molar-refractivity contribution >= 4 is 31.6 Å². The molecule has 2 aromatic carbocycles. The zero-order valence-corrected chi connectivity index (χ0v) is 16.0. The summed E-state index contributed by atoms with van der Waals surface area (Å²) in [4.78, 5) is 2.48. The molecular weight excluding hydrogens is 402 g/mol. The Bertz CT molecular complexity index is 891. The van der Waals surface area contributed by atoms with Gasteiger partial charge in [-0.2, -0.15) is 9.57 Å². The molecule has 5 nitrogen and oxygen atoms in total. The summed E-state index contributed by atoms with van der Waals surface area (Å²) in [6, 6.07) is 16.3. The predicted molar refractivity (Wildman–Crippen MR) is 101 cm³/mol. The van der Waals surface area contributed by atoms with Crippen LogP contribution in [0, 0.1) is 11.3 Å². The van der Waals surface area contributed by atoms with Crippen LogP contribution in [0.3, 0.4) is 0 Å². The molecule has 7 heteroatoms. The average molecular weight is 420 g/mol. The maximum absolute atomic E-state index is 12.9. The topological polar surface area (TPSA) is 64.4 Å². The summed E-state index contributed by atoms with van der Waals surface area (Å²) in [5, 5.41) is 8.90. The van der Waals surface area contributed by atoms with Crippen molar-refractivity contribution in [1.29, 1.82) is 5.26 Å². The largest absolute Gasteiger partial charge is 0.370 e. The third kappa shape index (κ3) is 4.03. The number of rotatable bonds is 3. The number of benzene rings is 2. The van der Waals surface area contributed by atoms with Gasteiger partial charge in [-0.3, -0.25) is 0 Å². The van der Waals surface area contributed by atoms with Gasteiger partial charge < -0.3 is 4.90 Å². The molecule has 0 aliphatic carbocycles. The fourth-order valence-corrected chi connectivity index (χ4v) is 4.98. The Morgan fingerprint density at radius 1 is 1.00 bits per heavy atom. The Morgan fingerprint density at radius 3 is 2.44 bits per heavy atom. The Labute approximate surface area is 156 Å². The number of anilines is 1. The second-order valence-corrected chi connectivity index (χ2v) is 8.71. The number of nitrogens with zero attached hydrogens (tertiary/aromatic N) is 3. The van der Waals surface area contributed by atoms with E-state index in [1.54, 1.807) is 34.6 Å². The second-order valence-electron chi connectivity index (χ2n) is 5.86. The van der Waals surface area contributed by atoms with Gasteiger partial charge in [0.25, 0.3) is 0 Å². The summed E-state index contributed by atoms with van der Waals surface area (Å²) in [7, 11) is -3.49. The monoisotopic (exact) mass is 419 g/mol. The third-order valence-electron chi connectivity index (χ3n) is 4.25. The Kier molecular flexibility index (Phi) is 5.42. The molecule has 0 atom stereocenters. The molecular formula is C18H18BrN3O2S. The Hall–Kier alpha value is -1.88. The molecule has 130 valence electrons. The summed E-state index contributed by atoms with van der Waals surface area (Å²) in [5.41, 5.74) is 1.64. The summed E-state index contributed by atoms with van der Waals surface area (Å²) < 4.78 is 28.0. The first-order chi connectivity index (χ1) is 12.0. The minimum Gasteiger partial charge on any atom is -0.370 e. The molecule has 0 saturated carbocycles. The van der Waals surface area contributed by atoms with Crippen LogP contribution >= 0.6 is 15.9 Å². The smallest absolute Gasteiger partial charge is 0.243 e. The second kappa shape index (κ2) is 7.56. The Morgan fingerprint density at radius 2 is 1.76 bits per heavy atom. The molecule has 0 spiro atoms. The first-order valence-electron chi connectivity index (χ1n) is 8.01. The molecule has 25 heavy (non-hydrogen) atoms. The zero-order chi connectivity index (χ0) is 17.9. The van der Waals surface area contributed by atoms with Gasteiger partial charge in [0.05, 0.1) is 16.5 Å². The van der Waals surface area contributed by atoms with Crippen LogP contribution in [0.1, 0.15) is 12.0 Å². The first kappa shape index (κ1) is 17.9. The van der Waals surface area contributed by atoms with Gasteiger partial charge in [-0.05, 0) is 48.9 Å². The predicted octanol–water partition coefficient (Wildman–Crippen LogP) is 3.22. The van der Waals surface area contributed by atoms with E-state index in [2.05, 4.69) is 26.9 Å². The van der Waals surface area contributed by atoms with Crippen LogP contribution in [0.2, 0.25) is 0 Å². The van der Waals surface area contributed by atoms with E-state index in [0.717, 1.165) is 23.1 Å².